The van der Waals surface area contributed by atoms with Crippen LogP contribution in [-0.4, -0.2) is 33.0 Å². The predicted octanol–water partition coefficient (Wildman–Crippen LogP) is 5.04. The summed E-state index contributed by atoms with van der Waals surface area (Å²) in [4.78, 5) is 12.7. The van der Waals surface area contributed by atoms with Gasteiger partial charge in [0.2, 0.25) is 5.91 Å². The van der Waals surface area contributed by atoms with Crippen molar-refractivity contribution in [1.29, 1.82) is 0 Å². The maximum atomic E-state index is 12.7. The molecule has 0 bridgehead atoms. The number of thioether (sulfide) groups is 1. The molecule has 168 valence electrons. The van der Waals surface area contributed by atoms with E-state index in [1.54, 1.807) is 13.2 Å². The van der Waals surface area contributed by atoms with Crippen molar-refractivity contribution < 1.29 is 14.3 Å². The molecule has 0 aliphatic rings. The Hall–Kier alpha value is -3.26. The summed E-state index contributed by atoms with van der Waals surface area (Å²) in [5, 5.41) is 11.9. The van der Waals surface area contributed by atoms with Gasteiger partial charge in [0, 0.05) is 12.2 Å². The van der Waals surface area contributed by atoms with Crippen molar-refractivity contribution in [3.05, 3.63) is 72.6 Å². The van der Waals surface area contributed by atoms with Gasteiger partial charge in [-0.05, 0) is 62.7 Å². The van der Waals surface area contributed by atoms with E-state index in [4.69, 9.17) is 9.47 Å². The number of amides is 1. The number of benzene rings is 2. The topological polar surface area (TPSA) is 78.3 Å². The van der Waals surface area contributed by atoms with Crippen LogP contribution < -0.4 is 14.8 Å². The van der Waals surface area contributed by atoms with Crippen LogP contribution in [-0.2, 0) is 11.3 Å². The Morgan fingerprint density at radius 3 is 2.56 bits per heavy atom. The molecule has 32 heavy (non-hydrogen) atoms. The minimum absolute atomic E-state index is 0.0992. The number of ether oxygens (including phenoxy) is 2. The highest BCUT2D eigenvalue weighted by Crippen LogP contribution is 2.28. The molecule has 7 nitrogen and oxygen atoms in total. The summed E-state index contributed by atoms with van der Waals surface area (Å²) in [7, 11) is 1.62. The number of anilines is 1. The standard InChI is InChI=1S/C24H28N4O3S/c1-6-14-28-22(17(3)31-21-12-10-20(30-5)11-13-21)26-27-24(28)32-18(4)23(29)25-19-9-7-8-16(2)15-19/h6-13,15,17-18H,1,14H2,2-5H3,(H,25,29). The number of hydrogen-bond donors (Lipinski definition) is 1. The Balaban J connectivity index is 1.71. The van der Waals surface area contributed by atoms with Gasteiger partial charge in [-0.3, -0.25) is 9.36 Å². The van der Waals surface area contributed by atoms with Gasteiger partial charge >= 0.3 is 0 Å². The summed E-state index contributed by atoms with van der Waals surface area (Å²) in [5.41, 5.74) is 1.86. The third-order valence-corrected chi connectivity index (χ3v) is 5.81. The van der Waals surface area contributed by atoms with Crippen molar-refractivity contribution in [2.75, 3.05) is 12.4 Å². The van der Waals surface area contributed by atoms with Crippen LogP contribution in [0.15, 0.2) is 66.3 Å². The number of aromatic nitrogens is 3. The number of nitrogens with one attached hydrogen (secondary N) is 1. The van der Waals surface area contributed by atoms with Crippen LogP contribution in [0.4, 0.5) is 5.69 Å². The molecular formula is C24H28N4O3S. The van der Waals surface area contributed by atoms with Crippen LogP contribution in [0.1, 0.15) is 31.3 Å². The summed E-state index contributed by atoms with van der Waals surface area (Å²) in [5.74, 6) is 2.02. The zero-order chi connectivity index (χ0) is 23.1. The molecule has 0 spiro atoms. The molecule has 3 aromatic rings. The van der Waals surface area contributed by atoms with Gasteiger partial charge in [0.1, 0.15) is 11.5 Å². The molecule has 2 atom stereocenters. The van der Waals surface area contributed by atoms with Crippen molar-refractivity contribution in [1.82, 2.24) is 14.8 Å². The lowest BCUT2D eigenvalue weighted by Gasteiger charge is -2.17. The van der Waals surface area contributed by atoms with E-state index >= 15 is 0 Å². The van der Waals surface area contributed by atoms with E-state index in [0.29, 0.717) is 23.3 Å². The molecule has 0 aliphatic carbocycles. The molecule has 0 fully saturated rings. The zero-order valence-electron chi connectivity index (χ0n) is 18.7. The SMILES string of the molecule is C=CCn1c(SC(C)C(=O)Nc2cccc(C)c2)nnc1C(C)Oc1ccc(OC)cc1. The van der Waals surface area contributed by atoms with Crippen LogP contribution in [0.2, 0.25) is 0 Å². The number of methoxy groups -OCH3 is 1. The van der Waals surface area contributed by atoms with Crippen molar-refractivity contribution in [3.63, 3.8) is 0 Å². The number of aryl methyl sites for hydroxylation is 1. The highest BCUT2D eigenvalue weighted by Gasteiger charge is 2.23. The maximum absolute atomic E-state index is 12.7. The van der Waals surface area contributed by atoms with E-state index in [9.17, 15) is 4.79 Å². The second kappa shape index (κ2) is 10.9. The van der Waals surface area contributed by atoms with Crippen molar-refractivity contribution in [3.8, 4) is 11.5 Å². The molecule has 1 heterocycles. The molecule has 2 unspecified atom stereocenters. The highest BCUT2D eigenvalue weighted by atomic mass is 32.2. The first-order valence-electron chi connectivity index (χ1n) is 10.3. The van der Waals surface area contributed by atoms with Crippen molar-refractivity contribution in [2.45, 2.75) is 43.8 Å². The molecule has 0 radical (unpaired) electrons. The number of nitrogens with zero attached hydrogens (tertiary/aromatic N) is 3. The molecule has 1 amide bonds. The van der Waals surface area contributed by atoms with Crippen LogP contribution in [0, 0.1) is 6.92 Å². The first kappa shape index (κ1) is 23.4. The fourth-order valence-corrected chi connectivity index (χ4v) is 3.94. The highest BCUT2D eigenvalue weighted by molar-refractivity contribution is 8.00. The van der Waals surface area contributed by atoms with E-state index < -0.39 is 0 Å². The number of allylic oxidation sites excluding steroid dienone is 1. The molecule has 0 saturated heterocycles. The largest absolute Gasteiger partial charge is 0.497 e. The first-order valence-corrected chi connectivity index (χ1v) is 11.2. The van der Waals surface area contributed by atoms with Gasteiger partial charge in [-0.1, -0.05) is 30.0 Å². The van der Waals surface area contributed by atoms with E-state index in [0.717, 1.165) is 17.0 Å². The second-order valence-electron chi connectivity index (χ2n) is 7.29. The Bertz CT molecular complexity index is 1070. The maximum Gasteiger partial charge on any atom is 0.237 e. The quantitative estimate of drug-likeness (QED) is 0.343. The van der Waals surface area contributed by atoms with Crippen molar-refractivity contribution in [2.24, 2.45) is 0 Å². The third kappa shape index (κ3) is 5.91. The molecule has 2 aromatic carbocycles. The smallest absolute Gasteiger partial charge is 0.237 e. The molecule has 1 aromatic heterocycles. The van der Waals surface area contributed by atoms with Gasteiger partial charge in [0.05, 0.1) is 12.4 Å². The number of carbonyl (C=O) groups excluding carboxylic acids is 1. The predicted molar refractivity (Wildman–Crippen MR) is 127 cm³/mol. The minimum atomic E-state index is -0.367. The fourth-order valence-electron chi connectivity index (χ4n) is 3.08. The Morgan fingerprint density at radius 1 is 1.19 bits per heavy atom. The Kier molecular flexibility index (Phi) is 7.94. The van der Waals surface area contributed by atoms with E-state index in [2.05, 4.69) is 22.1 Å². The number of hydrogen-bond acceptors (Lipinski definition) is 6. The molecule has 0 saturated carbocycles. The first-order chi connectivity index (χ1) is 15.4. The molecule has 8 heteroatoms. The van der Waals surface area contributed by atoms with Crippen LogP contribution in [0.5, 0.6) is 11.5 Å². The van der Waals surface area contributed by atoms with Gasteiger partial charge in [-0.25, -0.2) is 0 Å². The lowest BCUT2D eigenvalue weighted by atomic mass is 10.2. The van der Waals surface area contributed by atoms with Gasteiger partial charge in [-0.15, -0.1) is 16.8 Å². The van der Waals surface area contributed by atoms with Crippen molar-refractivity contribution >= 4 is 23.4 Å². The fraction of sp³-hybridized carbons (Fsp3) is 0.292. The summed E-state index contributed by atoms with van der Waals surface area (Å²) >= 11 is 1.35. The molecule has 0 aliphatic heterocycles. The third-order valence-electron chi connectivity index (χ3n) is 4.73. The minimum Gasteiger partial charge on any atom is -0.497 e. The summed E-state index contributed by atoms with van der Waals surface area (Å²) in [6, 6.07) is 15.1. The normalized spacial score (nSPS) is 12.6. The lowest BCUT2D eigenvalue weighted by Crippen LogP contribution is -2.23. The Morgan fingerprint density at radius 2 is 1.91 bits per heavy atom. The van der Waals surface area contributed by atoms with Gasteiger partial charge < -0.3 is 14.8 Å². The summed E-state index contributed by atoms with van der Waals surface area (Å²) < 4.78 is 13.1. The average molecular weight is 453 g/mol. The van der Waals surface area contributed by atoms with Gasteiger partial charge in [0.25, 0.3) is 0 Å². The van der Waals surface area contributed by atoms with Gasteiger partial charge in [-0.2, -0.15) is 0 Å². The lowest BCUT2D eigenvalue weighted by molar-refractivity contribution is -0.115. The molecular weight excluding hydrogens is 424 g/mol. The monoisotopic (exact) mass is 452 g/mol. The van der Waals surface area contributed by atoms with E-state index in [1.807, 2.05) is 73.9 Å². The summed E-state index contributed by atoms with van der Waals surface area (Å²) in [6.45, 7) is 10.1. The Labute approximate surface area is 192 Å². The molecule has 3 rings (SSSR count). The summed E-state index contributed by atoms with van der Waals surface area (Å²) in [6.07, 6.45) is 1.43. The molecule has 1 N–H and O–H groups in total. The second-order valence-corrected chi connectivity index (χ2v) is 8.60. The van der Waals surface area contributed by atoms with E-state index in [-0.39, 0.29) is 17.3 Å². The van der Waals surface area contributed by atoms with Crippen LogP contribution >= 0.6 is 11.8 Å². The van der Waals surface area contributed by atoms with Crippen LogP contribution in [0.25, 0.3) is 0 Å². The van der Waals surface area contributed by atoms with Crippen LogP contribution in [0.3, 0.4) is 0 Å². The van der Waals surface area contributed by atoms with Gasteiger partial charge in [0.15, 0.2) is 17.1 Å². The zero-order valence-corrected chi connectivity index (χ0v) is 19.6. The average Bonchev–Trinajstić information content (AvgIpc) is 3.17. The number of rotatable bonds is 10. The van der Waals surface area contributed by atoms with E-state index in [1.165, 1.54) is 11.8 Å². The number of carbonyl (C=O) groups is 1.